The van der Waals surface area contributed by atoms with Gasteiger partial charge in [0.25, 0.3) is 0 Å². The first kappa shape index (κ1) is 21.8. The van der Waals surface area contributed by atoms with Gasteiger partial charge in [-0.1, -0.05) is 20.8 Å². The smallest absolute Gasteiger partial charge is 0.148 e. The minimum atomic E-state index is 0.429. The molecular weight excluding hydrogens is 360 g/mol. The van der Waals surface area contributed by atoms with Crippen molar-refractivity contribution < 1.29 is 0 Å². The molecule has 1 aliphatic carbocycles. The number of piperidine rings is 1. The van der Waals surface area contributed by atoms with E-state index in [1.165, 1.54) is 51.7 Å². The summed E-state index contributed by atoms with van der Waals surface area (Å²) in [6.07, 6.45) is 8.22. The first-order valence-electron chi connectivity index (χ1n) is 11.0. The van der Waals surface area contributed by atoms with E-state index in [0.29, 0.717) is 22.6 Å². The van der Waals surface area contributed by atoms with Gasteiger partial charge >= 0.3 is 0 Å². The van der Waals surface area contributed by atoms with Crippen molar-refractivity contribution in [2.45, 2.75) is 65.8 Å². The van der Waals surface area contributed by atoms with Crippen LogP contribution in [0, 0.1) is 16.2 Å². The zero-order chi connectivity index (χ0) is 21.1. The Labute approximate surface area is 176 Å². The van der Waals surface area contributed by atoms with Crippen LogP contribution in [0.1, 0.15) is 65.5 Å². The lowest BCUT2D eigenvalue weighted by Gasteiger charge is -2.52. The number of hydrogen-bond donors (Lipinski definition) is 3. The summed E-state index contributed by atoms with van der Waals surface area (Å²) < 4.78 is 0. The van der Waals surface area contributed by atoms with Gasteiger partial charge in [0, 0.05) is 30.6 Å². The molecule has 0 atom stereocenters. The maximum Gasteiger partial charge on any atom is 0.148 e. The van der Waals surface area contributed by atoms with Crippen LogP contribution in [0.15, 0.2) is 18.3 Å². The number of likely N-dealkylation sites (tertiary alicyclic amines) is 1. The van der Waals surface area contributed by atoms with Crippen LogP contribution in [0.2, 0.25) is 0 Å². The van der Waals surface area contributed by atoms with Crippen LogP contribution in [-0.4, -0.2) is 53.5 Å². The van der Waals surface area contributed by atoms with Gasteiger partial charge in [0.1, 0.15) is 5.82 Å². The number of allylic oxidation sites excluding steroid dienone is 1. The second-order valence-electron chi connectivity index (χ2n) is 10.2. The van der Waals surface area contributed by atoms with Crippen LogP contribution in [0.3, 0.4) is 0 Å². The summed E-state index contributed by atoms with van der Waals surface area (Å²) in [5.41, 5.74) is 2.95. The minimum absolute atomic E-state index is 0.429. The van der Waals surface area contributed by atoms with Crippen LogP contribution < -0.4 is 10.6 Å². The molecule has 1 aliphatic heterocycles. The molecule has 6 heteroatoms. The number of nitrogens with one attached hydrogen (secondary N) is 3. The number of nitrogens with zero attached hydrogens (tertiary/aromatic N) is 3. The average molecular weight is 399 g/mol. The van der Waals surface area contributed by atoms with Gasteiger partial charge < -0.3 is 20.9 Å². The average Bonchev–Trinajstić information content (AvgIpc) is 2.64. The molecule has 1 spiro atoms. The highest BCUT2D eigenvalue weighted by atomic mass is 15.2. The first-order valence-corrected chi connectivity index (χ1v) is 11.0. The van der Waals surface area contributed by atoms with Crippen LogP contribution in [0.4, 0.5) is 5.82 Å². The maximum absolute atomic E-state index is 7.88. The van der Waals surface area contributed by atoms with Gasteiger partial charge in [-0.3, -0.25) is 0 Å². The lowest BCUT2D eigenvalue weighted by atomic mass is 9.60. The second-order valence-corrected chi connectivity index (χ2v) is 10.2. The predicted octanol–water partition coefficient (Wildman–Crippen LogP) is 4.17. The largest absolute Gasteiger partial charge is 0.393 e. The van der Waals surface area contributed by atoms with Crippen molar-refractivity contribution >= 4 is 17.1 Å². The zero-order valence-corrected chi connectivity index (χ0v) is 18.8. The Morgan fingerprint density at radius 1 is 1.24 bits per heavy atom. The highest BCUT2D eigenvalue weighted by molar-refractivity contribution is 6.20. The Morgan fingerprint density at radius 2 is 1.93 bits per heavy atom. The highest BCUT2D eigenvalue weighted by Crippen LogP contribution is 2.50. The lowest BCUT2D eigenvalue weighted by molar-refractivity contribution is 0.0207. The van der Waals surface area contributed by atoms with E-state index in [1.54, 1.807) is 13.1 Å². The summed E-state index contributed by atoms with van der Waals surface area (Å²) in [5.74, 6) is 0.836. The summed E-state index contributed by atoms with van der Waals surface area (Å²) in [6, 6.07) is 4.43. The van der Waals surface area contributed by atoms with E-state index in [0.717, 1.165) is 17.1 Å². The van der Waals surface area contributed by atoms with E-state index in [-0.39, 0.29) is 0 Å². The summed E-state index contributed by atoms with van der Waals surface area (Å²) in [5, 5.41) is 23.1. The molecule has 0 radical (unpaired) electrons. The molecule has 1 saturated carbocycles. The molecule has 1 aromatic heterocycles. The quantitative estimate of drug-likeness (QED) is 0.601. The van der Waals surface area contributed by atoms with Crippen LogP contribution in [-0.2, 0) is 0 Å². The van der Waals surface area contributed by atoms with E-state index < -0.39 is 0 Å². The van der Waals surface area contributed by atoms with E-state index >= 15 is 0 Å². The van der Waals surface area contributed by atoms with Crippen molar-refractivity contribution in [3.05, 3.63) is 24.0 Å². The maximum atomic E-state index is 7.88. The summed E-state index contributed by atoms with van der Waals surface area (Å²) in [6.45, 7) is 12.5. The standard InChI is InChI=1S/C23H38N6/c1-17(24)19(16-25-5)20-6-7-21(28-27-20)26-18-14-23(15-18)9-12-29(13-10-23)11-8-22(2,3)4/h6-7,16,18,24-25H,8-15H2,1-5H3,(H,26,28)/b19-16+,24-17?. The van der Waals surface area contributed by atoms with Gasteiger partial charge in [-0.05, 0) is 81.6 Å². The fraction of sp³-hybridized carbons (Fsp3) is 0.696. The van der Waals surface area contributed by atoms with E-state index in [1.807, 2.05) is 19.2 Å². The van der Waals surface area contributed by atoms with Crippen LogP contribution in [0.5, 0.6) is 0 Å². The lowest BCUT2D eigenvalue weighted by Crippen LogP contribution is -2.51. The fourth-order valence-corrected chi connectivity index (χ4v) is 4.52. The van der Waals surface area contributed by atoms with E-state index in [2.05, 4.69) is 46.5 Å². The Morgan fingerprint density at radius 3 is 2.45 bits per heavy atom. The summed E-state index contributed by atoms with van der Waals surface area (Å²) in [4.78, 5) is 2.66. The normalized spacial score (nSPS) is 20.4. The molecule has 0 aromatic carbocycles. The molecule has 2 fully saturated rings. The number of aromatic nitrogens is 2. The third-order valence-corrected chi connectivity index (χ3v) is 6.44. The van der Waals surface area contributed by atoms with Crippen molar-refractivity contribution in [1.29, 1.82) is 5.41 Å². The molecule has 3 N–H and O–H groups in total. The third-order valence-electron chi connectivity index (χ3n) is 6.44. The zero-order valence-electron chi connectivity index (χ0n) is 18.8. The fourth-order valence-electron chi connectivity index (χ4n) is 4.52. The Hall–Kier alpha value is -1.95. The number of anilines is 1. The molecule has 3 rings (SSSR count). The molecule has 0 bridgehead atoms. The van der Waals surface area contributed by atoms with Crippen molar-refractivity contribution in [3.63, 3.8) is 0 Å². The van der Waals surface area contributed by atoms with Gasteiger partial charge in [-0.15, -0.1) is 10.2 Å². The molecule has 1 aromatic rings. The molecule has 29 heavy (non-hydrogen) atoms. The van der Waals surface area contributed by atoms with Crippen LogP contribution >= 0.6 is 0 Å². The highest BCUT2D eigenvalue weighted by Gasteiger charge is 2.45. The molecule has 1 saturated heterocycles. The summed E-state index contributed by atoms with van der Waals surface area (Å²) in [7, 11) is 1.83. The second kappa shape index (κ2) is 8.82. The summed E-state index contributed by atoms with van der Waals surface area (Å²) >= 11 is 0. The number of hydrogen-bond acceptors (Lipinski definition) is 6. The Kier molecular flexibility index (Phi) is 6.62. The molecule has 0 amide bonds. The van der Waals surface area contributed by atoms with Crippen molar-refractivity contribution in [2.75, 3.05) is 32.0 Å². The topological polar surface area (TPSA) is 76.9 Å². The van der Waals surface area contributed by atoms with Gasteiger partial charge in [-0.2, -0.15) is 0 Å². The molecular formula is C23H38N6. The first-order chi connectivity index (χ1) is 13.7. The molecule has 160 valence electrons. The van der Waals surface area contributed by atoms with Crippen molar-refractivity contribution in [2.24, 2.45) is 10.8 Å². The molecule has 2 heterocycles. The molecule has 2 aliphatic rings. The van der Waals surface area contributed by atoms with Gasteiger partial charge in [0.2, 0.25) is 0 Å². The van der Waals surface area contributed by atoms with E-state index in [4.69, 9.17) is 5.41 Å². The van der Waals surface area contributed by atoms with E-state index in [9.17, 15) is 0 Å². The molecule has 6 nitrogen and oxygen atoms in total. The van der Waals surface area contributed by atoms with Gasteiger partial charge in [-0.25, -0.2) is 0 Å². The Bertz CT molecular complexity index is 715. The predicted molar refractivity (Wildman–Crippen MR) is 121 cm³/mol. The Balaban J connectivity index is 1.45. The SMILES string of the molecule is CN/C=C(\C(C)=N)c1ccc(NC2CC3(CCN(CCC(C)(C)C)CC3)C2)nn1. The third kappa shape index (κ3) is 5.78. The van der Waals surface area contributed by atoms with Gasteiger partial charge in [0.05, 0.1) is 5.69 Å². The van der Waals surface area contributed by atoms with Crippen LogP contribution in [0.25, 0.3) is 5.57 Å². The molecule has 0 unspecified atom stereocenters. The number of rotatable bonds is 7. The monoisotopic (exact) mass is 398 g/mol. The minimum Gasteiger partial charge on any atom is -0.393 e. The van der Waals surface area contributed by atoms with Crippen molar-refractivity contribution in [3.8, 4) is 0 Å². The van der Waals surface area contributed by atoms with Crippen molar-refractivity contribution in [1.82, 2.24) is 20.4 Å². The van der Waals surface area contributed by atoms with Gasteiger partial charge in [0.15, 0.2) is 0 Å².